The lowest BCUT2D eigenvalue weighted by atomic mass is 9.46. The maximum atomic E-state index is 12.0. The topological polar surface area (TPSA) is 69.4 Å². The van der Waals surface area contributed by atoms with Gasteiger partial charge in [0.2, 0.25) is 0 Å². The van der Waals surface area contributed by atoms with Gasteiger partial charge >= 0.3 is 0 Å². The summed E-state index contributed by atoms with van der Waals surface area (Å²) in [7, 11) is 0. The third kappa shape index (κ3) is 2.79. The zero-order valence-electron chi connectivity index (χ0n) is 15.9. The smallest absolute Gasteiger partial charge is 0.294 e. The molecule has 4 aliphatic rings. The van der Waals surface area contributed by atoms with Gasteiger partial charge in [0.1, 0.15) is 6.10 Å². The number of hydrogen-bond acceptors (Lipinski definition) is 4. The Morgan fingerprint density at radius 2 is 2.07 bits per heavy atom. The predicted molar refractivity (Wildman–Crippen MR) is 101 cm³/mol. The lowest BCUT2D eigenvalue weighted by Crippen LogP contribution is -2.57. The van der Waals surface area contributed by atoms with Crippen LogP contribution >= 0.6 is 11.6 Å². The van der Waals surface area contributed by atoms with Crippen LogP contribution in [-0.4, -0.2) is 17.0 Å². The molecule has 0 aromatic rings. The van der Waals surface area contributed by atoms with Crippen LogP contribution in [0.2, 0.25) is 0 Å². The van der Waals surface area contributed by atoms with Crippen molar-refractivity contribution < 1.29 is 14.7 Å². The first-order valence-corrected chi connectivity index (χ1v) is 10.3. The highest BCUT2D eigenvalue weighted by molar-refractivity contribution is 6.30. The summed E-state index contributed by atoms with van der Waals surface area (Å²) in [4.78, 5) is 28.6. The molecule has 0 aromatic heterocycles. The maximum absolute atomic E-state index is 12.0. The summed E-state index contributed by atoms with van der Waals surface area (Å²) in [6.45, 7) is 4.42. The molecule has 0 aromatic carbocycles. The van der Waals surface area contributed by atoms with Gasteiger partial charge in [0.05, 0.1) is 0 Å². The number of hydrogen-bond donors (Lipinski definition) is 0. The third-order valence-corrected chi connectivity index (χ3v) is 8.43. The lowest BCUT2D eigenvalue weighted by Gasteiger charge is -2.59. The third-order valence-electron chi connectivity index (χ3n) is 8.32. The van der Waals surface area contributed by atoms with Crippen molar-refractivity contribution in [1.82, 2.24) is 0 Å². The zero-order valence-corrected chi connectivity index (χ0v) is 16.6. The second kappa shape index (κ2) is 6.51. The molecule has 0 saturated heterocycles. The standard InChI is InChI=1S/C21H26ClNO4/c1-20-9-7-15(24)11-14(20)3-5-16-17-6-4-13(8-10-22)21(17,2)12-18(19(16)20)27-23(25)26/h11,13,16-19H,3-7,9,12H2,1-2H3/t13-,16-,17-,18-,19+,20-,21+/m0/s1. The Balaban J connectivity index is 1.77. The van der Waals surface area contributed by atoms with Crippen LogP contribution in [0, 0.1) is 55.9 Å². The first kappa shape index (κ1) is 18.8. The highest BCUT2D eigenvalue weighted by Gasteiger charge is 2.62. The monoisotopic (exact) mass is 391 g/mol. The van der Waals surface area contributed by atoms with E-state index in [2.05, 4.69) is 25.1 Å². The Morgan fingerprint density at radius 1 is 1.30 bits per heavy atom. The molecule has 7 atom stereocenters. The molecule has 0 spiro atoms. The molecule has 0 bridgehead atoms. The first-order chi connectivity index (χ1) is 12.8. The molecule has 0 radical (unpaired) electrons. The predicted octanol–water partition coefficient (Wildman–Crippen LogP) is 4.52. The van der Waals surface area contributed by atoms with E-state index in [9.17, 15) is 14.9 Å². The van der Waals surface area contributed by atoms with E-state index in [4.69, 9.17) is 16.4 Å². The molecular formula is C21H26ClNO4. The molecule has 4 rings (SSSR count). The highest BCUT2D eigenvalue weighted by atomic mass is 35.5. The Bertz CT molecular complexity index is 768. The molecule has 4 aliphatic carbocycles. The molecule has 27 heavy (non-hydrogen) atoms. The van der Waals surface area contributed by atoms with Crippen molar-refractivity contribution in [3.63, 3.8) is 0 Å². The van der Waals surface area contributed by atoms with Crippen molar-refractivity contribution in [2.24, 2.45) is 34.5 Å². The summed E-state index contributed by atoms with van der Waals surface area (Å²) in [6.07, 6.45) is 7.25. The molecule has 0 unspecified atom stereocenters. The molecule has 6 heteroatoms. The summed E-state index contributed by atoms with van der Waals surface area (Å²) >= 11 is 5.72. The zero-order chi connectivity index (χ0) is 19.4. The number of fused-ring (bicyclic) bond motifs is 5. The van der Waals surface area contributed by atoms with Crippen LogP contribution in [0.5, 0.6) is 0 Å². The van der Waals surface area contributed by atoms with Gasteiger partial charge in [0, 0.05) is 17.7 Å². The maximum Gasteiger partial charge on any atom is 0.294 e. The number of nitrogens with zero attached hydrogens (tertiary/aromatic N) is 1. The van der Waals surface area contributed by atoms with E-state index in [1.807, 2.05) is 6.08 Å². The molecule has 3 fully saturated rings. The molecular weight excluding hydrogens is 366 g/mol. The second-order valence-corrected chi connectivity index (χ2v) is 9.52. The Hall–Kier alpha value is -1.54. The number of rotatable bonds is 2. The van der Waals surface area contributed by atoms with Crippen LogP contribution in [0.15, 0.2) is 11.6 Å². The number of carbonyl (C=O) groups is 1. The van der Waals surface area contributed by atoms with E-state index in [0.717, 1.165) is 32.1 Å². The van der Waals surface area contributed by atoms with Gasteiger partial charge in [-0.25, -0.2) is 0 Å². The fraction of sp³-hybridized carbons (Fsp3) is 0.762. The number of allylic oxidation sites excluding steroid dienone is 1. The number of carbonyl (C=O) groups excluding carboxylic acids is 1. The fourth-order valence-electron chi connectivity index (χ4n) is 7.16. The van der Waals surface area contributed by atoms with Gasteiger partial charge in [-0.3, -0.25) is 4.79 Å². The lowest BCUT2D eigenvalue weighted by molar-refractivity contribution is -0.773. The summed E-state index contributed by atoms with van der Waals surface area (Å²) in [5.74, 6) is 4.44. The Morgan fingerprint density at radius 3 is 2.78 bits per heavy atom. The van der Waals surface area contributed by atoms with Gasteiger partial charge in [-0.1, -0.05) is 25.3 Å². The molecule has 0 N–H and O–H groups in total. The van der Waals surface area contributed by atoms with E-state index in [1.165, 1.54) is 5.57 Å². The summed E-state index contributed by atoms with van der Waals surface area (Å²) in [5, 5.41) is 13.3. The van der Waals surface area contributed by atoms with Crippen molar-refractivity contribution in [1.29, 1.82) is 0 Å². The van der Waals surface area contributed by atoms with Crippen molar-refractivity contribution in [3.05, 3.63) is 21.8 Å². The fourth-order valence-corrected chi connectivity index (χ4v) is 7.29. The molecule has 0 aliphatic heterocycles. The van der Waals surface area contributed by atoms with Gasteiger partial charge < -0.3 is 4.84 Å². The molecule has 5 nitrogen and oxygen atoms in total. The van der Waals surface area contributed by atoms with Crippen LogP contribution in [0.3, 0.4) is 0 Å². The largest absolute Gasteiger partial charge is 0.310 e. The first-order valence-electron chi connectivity index (χ1n) is 9.96. The van der Waals surface area contributed by atoms with Crippen LogP contribution in [0.1, 0.15) is 58.8 Å². The Kier molecular flexibility index (Phi) is 4.54. The minimum Gasteiger partial charge on any atom is -0.310 e. The van der Waals surface area contributed by atoms with Crippen molar-refractivity contribution in [2.45, 2.75) is 64.9 Å². The summed E-state index contributed by atoms with van der Waals surface area (Å²) < 4.78 is 0. The molecule has 0 amide bonds. The van der Waals surface area contributed by atoms with Crippen LogP contribution in [0.25, 0.3) is 0 Å². The minimum absolute atomic E-state index is 0.0804. The molecule has 0 heterocycles. The van der Waals surface area contributed by atoms with Crippen LogP contribution in [-0.2, 0) is 9.63 Å². The quantitative estimate of drug-likeness (QED) is 0.394. The second-order valence-electron chi connectivity index (χ2n) is 9.33. The molecule has 146 valence electrons. The van der Waals surface area contributed by atoms with Crippen molar-refractivity contribution in [3.8, 4) is 11.3 Å². The summed E-state index contributed by atoms with van der Waals surface area (Å²) in [6, 6.07) is 0. The normalized spacial score (nSPS) is 45.5. The number of halogens is 1. The van der Waals surface area contributed by atoms with Gasteiger partial charge in [-0.15, -0.1) is 10.1 Å². The number of ketones is 1. The average Bonchev–Trinajstić information content (AvgIpc) is 2.91. The summed E-state index contributed by atoms with van der Waals surface area (Å²) in [5.41, 5.74) is 0.886. The van der Waals surface area contributed by atoms with Crippen molar-refractivity contribution in [2.75, 3.05) is 0 Å². The highest BCUT2D eigenvalue weighted by Crippen LogP contribution is 2.67. The van der Waals surface area contributed by atoms with E-state index in [0.29, 0.717) is 24.7 Å². The van der Waals surface area contributed by atoms with Gasteiger partial charge in [0.15, 0.2) is 5.78 Å². The van der Waals surface area contributed by atoms with Crippen LogP contribution < -0.4 is 0 Å². The molecule has 3 saturated carbocycles. The van der Waals surface area contributed by atoms with Crippen LogP contribution in [0.4, 0.5) is 0 Å². The SMILES string of the molecule is C[C@]12C[C@H](O[N+](=O)[O-])[C@H]3[C@@H](CCC4=CC(=O)CC[C@@]43C)[C@@H]1CC[C@H]2C#CCl. The van der Waals surface area contributed by atoms with Gasteiger partial charge in [-0.05, 0) is 84.8 Å². The average molecular weight is 392 g/mol. The van der Waals surface area contributed by atoms with E-state index in [-0.39, 0.29) is 28.4 Å². The van der Waals surface area contributed by atoms with E-state index >= 15 is 0 Å². The Labute approximate surface area is 165 Å². The van der Waals surface area contributed by atoms with Gasteiger partial charge in [-0.2, -0.15) is 0 Å². The van der Waals surface area contributed by atoms with Gasteiger partial charge in [0.25, 0.3) is 5.09 Å². The van der Waals surface area contributed by atoms with Crippen molar-refractivity contribution >= 4 is 17.4 Å². The van der Waals surface area contributed by atoms with E-state index < -0.39 is 11.2 Å². The van der Waals surface area contributed by atoms with E-state index in [1.54, 1.807) is 0 Å². The minimum atomic E-state index is -0.627.